The molecule has 0 aromatic heterocycles. The molecule has 0 fully saturated rings. The molecule has 116 valence electrons. The number of carbonyl (C=O) groups is 1. The predicted octanol–water partition coefficient (Wildman–Crippen LogP) is 3.68. The van der Waals surface area contributed by atoms with Crippen molar-refractivity contribution in [2.75, 3.05) is 6.54 Å². The third kappa shape index (κ3) is 5.32. The van der Waals surface area contributed by atoms with Crippen LogP contribution < -0.4 is 5.32 Å². The Labute approximate surface area is 131 Å². The molecule has 2 rings (SSSR count). The van der Waals surface area contributed by atoms with Crippen LogP contribution in [-0.2, 0) is 24.1 Å². The lowest BCUT2D eigenvalue weighted by Crippen LogP contribution is -2.25. The van der Waals surface area contributed by atoms with Gasteiger partial charge in [0.15, 0.2) is 0 Å². The molecule has 0 saturated carbocycles. The van der Waals surface area contributed by atoms with Crippen molar-refractivity contribution in [1.82, 2.24) is 5.32 Å². The number of aryl methyl sites for hydroxylation is 2. The summed E-state index contributed by atoms with van der Waals surface area (Å²) in [6, 6.07) is 14.8. The van der Waals surface area contributed by atoms with Gasteiger partial charge in [0.25, 0.3) is 0 Å². The van der Waals surface area contributed by atoms with E-state index in [9.17, 15) is 9.18 Å². The molecule has 0 atom stereocenters. The minimum atomic E-state index is -0.234. The van der Waals surface area contributed by atoms with E-state index in [0.29, 0.717) is 13.0 Å². The Morgan fingerprint density at radius 1 is 0.909 bits per heavy atom. The highest BCUT2D eigenvalue weighted by Crippen LogP contribution is 2.07. The average Bonchev–Trinajstić information content (AvgIpc) is 2.55. The van der Waals surface area contributed by atoms with Crippen LogP contribution in [0.2, 0.25) is 0 Å². The fourth-order valence-electron chi connectivity index (χ4n) is 2.29. The molecule has 1 N–H and O–H groups in total. The third-order valence-electron chi connectivity index (χ3n) is 3.72. The monoisotopic (exact) mass is 299 g/mol. The summed E-state index contributed by atoms with van der Waals surface area (Å²) >= 11 is 0. The average molecular weight is 299 g/mol. The summed E-state index contributed by atoms with van der Waals surface area (Å²) in [5.74, 6) is -0.177. The van der Waals surface area contributed by atoms with Crippen molar-refractivity contribution in [3.63, 3.8) is 0 Å². The van der Waals surface area contributed by atoms with Gasteiger partial charge in [0.1, 0.15) is 5.82 Å². The predicted molar refractivity (Wildman–Crippen MR) is 87.3 cm³/mol. The summed E-state index contributed by atoms with van der Waals surface area (Å²) in [5.41, 5.74) is 3.52. The first-order valence-corrected chi connectivity index (χ1v) is 7.76. The molecule has 2 nitrogen and oxygen atoms in total. The van der Waals surface area contributed by atoms with E-state index in [1.54, 1.807) is 12.1 Å². The van der Waals surface area contributed by atoms with E-state index >= 15 is 0 Å². The summed E-state index contributed by atoms with van der Waals surface area (Å²) in [7, 11) is 0. The fraction of sp³-hybridized carbons (Fsp3) is 0.316. The van der Waals surface area contributed by atoms with E-state index in [4.69, 9.17) is 0 Å². The summed E-state index contributed by atoms with van der Waals surface area (Å²) in [5, 5.41) is 2.91. The van der Waals surface area contributed by atoms with Gasteiger partial charge in [-0.2, -0.15) is 0 Å². The van der Waals surface area contributed by atoms with E-state index in [0.717, 1.165) is 24.8 Å². The quantitative estimate of drug-likeness (QED) is 0.830. The fourth-order valence-corrected chi connectivity index (χ4v) is 2.29. The first kappa shape index (κ1) is 16.2. The normalized spacial score (nSPS) is 10.5. The van der Waals surface area contributed by atoms with Crippen molar-refractivity contribution in [3.05, 3.63) is 71.0 Å². The van der Waals surface area contributed by atoms with Crippen LogP contribution >= 0.6 is 0 Å². The van der Waals surface area contributed by atoms with Crippen LogP contribution in [0, 0.1) is 5.82 Å². The number of rotatable bonds is 7. The third-order valence-corrected chi connectivity index (χ3v) is 3.72. The van der Waals surface area contributed by atoms with Gasteiger partial charge in [0.05, 0.1) is 0 Å². The van der Waals surface area contributed by atoms with Crippen molar-refractivity contribution in [3.8, 4) is 0 Å². The number of amides is 1. The Balaban J connectivity index is 1.68. The highest BCUT2D eigenvalue weighted by molar-refractivity contribution is 5.76. The minimum Gasteiger partial charge on any atom is -0.356 e. The van der Waals surface area contributed by atoms with Crippen molar-refractivity contribution in [2.24, 2.45) is 0 Å². The largest absolute Gasteiger partial charge is 0.356 e. The summed E-state index contributed by atoms with van der Waals surface area (Å²) < 4.78 is 12.8. The topological polar surface area (TPSA) is 29.1 Å². The smallest absolute Gasteiger partial charge is 0.220 e. The van der Waals surface area contributed by atoms with Gasteiger partial charge < -0.3 is 5.32 Å². The first-order chi connectivity index (χ1) is 10.7. The Bertz CT molecular complexity index is 590. The second kappa shape index (κ2) is 8.32. The lowest BCUT2D eigenvalue weighted by Gasteiger charge is -2.06. The maximum Gasteiger partial charge on any atom is 0.220 e. The number of nitrogens with one attached hydrogen (secondary N) is 1. The highest BCUT2D eigenvalue weighted by atomic mass is 19.1. The van der Waals surface area contributed by atoms with Crippen LogP contribution in [0.1, 0.15) is 30.0 Å². The Hall–Kier alpha value is -2.16. The summed E-state index contributed by atoms with van der Waals surface area (Å²) in [4.78, 5) is 11.8. The molecule has 0 spiro atoms. The lowest BCUT2D eigenvalue weighted by atomic mass is 10.1. The second-order valence-corrected chi connectivity index (χ2v) is 5.40. The molecule has 22 heavy (non-hydrogen) atoms. The summed E-state index contributed by atoms with van der Waals surface area (Å²) in [6.45, 7) is 2.71. The van der Waals surface area contributed by atoms with Crippen molar-refractivity contribution < 1.29 is 9.18 Å². The molecular weight excluding hydrogens is 277 g/mol. The van der Waals surface area contributed by atoms with Crippen molar-refractivity contribution in [1.29, 1.82) is 0 Å². The Kier molecular flexibility index (Phi) is 6.13. The lowest BCUT2D eigenvalue weighted by molar-refractivity contribution is -0.121. The number of hydrogen-bond donors (Lipinski definition) is 1. The van der Waals surface area contributed by atoms with E-state index < -0.39 is 0 Å². The molecule has 0 radical (unpaired) electrons. The molecule has 0 unspecified atom stereocenters. The van der Waals surface area contributed by atoms with E-state index in [1.165, 1.54) is 23.3 Å². The molecule has 0 aliphatic carbocycles. The van der Waals surface area contributed by atoms with E-state index in [2.05, 4.69) is 36.5 Å². The van der Waals surface area contributed by atoms with Gasteiger partial charge in [-0.25, -0.2) is 4.39 Å². The zero-order valence-corrected chi connectivity index (χ0v) is 12.9. The maximum atomic E-state index is 12.8. The van der Waals surface area contributed by atoms with Crippen molar-refractivity contribution >= 4 is 5.91 Å². The molecular formula is C19H22FNO. The zero-order chi connectivity index (χ0) is 15.8. The van der Waals surface area contributed by atoms with E-state index in [1.807, 2.05) is 0 Å². The van der Waals surface area contributed by atoms with Crippen LogP contribution in [0.25, 0.3) is 0 Å². The van der Waals surface area contributed by atoms with Gasteiger partial charge in [-0.05, 0) is 48.1 Å². The molecule has 3 heteroatoms. The van der Waals surface area contributed by atoms with Gasteiger partial charge >= 0.3 is 0 Å². The Morgan fingerprint density at radius 3 is 2.09 bits per heavy atom. The van der Waals surface area contributed by atoms with E-state index in [-0.39, 0.29) is 11.7 Å². The summed E-state index contributed by atoms with van der Waals surface area (Å²) in [6.07, 6.45) is 3.00. The SMILES string of the molecule is CCc1ccc(CCC(=O)NCCc2ccc(F)cc2)cc1. The van der Waals surface area contributed by atoms with Gasteiger partial charge in [-0.3, -0.25) is 4.79 Å². The molecule has 2 aromatic carbocycles. The number of hydrogen-bond acceptors (Lipinski definition) is 1. The second-order valence-electron chi connectivity index (χ2n) is 5.40. The first-order valence-electron chi connectivity index (χ1n) is 7.76. The van der Waals surface area contributed by atoms with Crippen LogP contribution in [0.4, 0.5) is 4.39 Å². The van der Waals surface area contributed by atoms with Crippen LogP contribution in [0.5, 0.6) is 0 Å². The standard InChI is InChI=1S/C19H22FNO/c1-2-15-3-5-16(6-4-15)9-12-19(22)21-14-13-17-7-10-18(20)11-8-17/h3-8,10-11H,2,9,12-14H2,1H3,(H,21,22). The molecule has 1 amide bonds. The minimum absolute atomic E-state index is 0.0571. The Morgan fingerprint density at radius 2 is 1.45 bits per heavy atom. The van der Waals surface area contributed by atoms with Gasteiger partial charge in [-0.1, -0.05) is 43.3 Å². The molecule has 2 aromatic rings. The number of benzene rings is 2. The number of halogens is 1. The van der Waals surface area contributed by atoms with Gasteiger partial charge in [0, 0.05) is 13.0 Å². The zero-order valence-electron chi connectivity index (χ0n) is 12.9. The van der Waals surface area contributed by atoms with Crippen LogP contribution in [-0.4, -0.2) is 12.5 Å². The molecule has 0 saturated heterocycles. The van der Waals surface area contributed by atoms with Gasteiger partial charge in [0.2, 0.25) is 5.91 Å². The number of carbonyl (C=O) groups excluding carboxylic acids is 1. The maximum absolute atomic E-state index is 12.8. The van der Waals surface area contributed by atoms with Crippen molar-refractivity contribution in [2.45, 2.75) is 32.6 Å². The molecule has 0 heterocycles. The van der Waals surface area contributed by atoms with Crippen LogP contribution in [0.15, 0.2) is 48.5 Å². The highest BCUT2D eigenvalue weighted by Gasteiger charge is 2.02. The van der Waals surface area contributed by atoms with Gasteiger partial charge in [-0.15, -0.1) is 0 Å². The van der Waals surface area contributed by atoms with Crippen LogP contribution in [0.3, 0.4) is 0 Å². The molecule has 0 aliphatic rings. The molecule has 0 bridgehead atoms. The molecule has 0 aliphatic heterocycles.